The van der Waals surface area contributed by atoms with E-state index in [0.717, 1.165) is 17.7 Å². The average Bonchev–Trinajstić information content (AvgIpc) is 2.49. The molecule has 114 valence electrons. The van der Waals surface area contributed by atoms with Gasteiger partial charge in [0.1, 0.15) is 5.82 Å². The van der Waals surface area contributed by atoms with Gasteiger partial charge in [-0.25, -0.2) is 4.39 Å². The molecular weight excluding hydrogens is 291 g/mol. The molecule has 7 heteroatoms. The van der Waals surface area contributed by atoms with Crippen molar-refractivity contribution in [3.05, 3.63) is 69.0 Å². The van der Waals surface area contributed by atoms with E-state index in [2.05, 4.69) is 5.32 Å². The molecule has 0 aromatic heterocycles. The molecule has 0 spiro atoms. The van der Waals surface area contributed by atoms with Crippen LogP contribution in [0.1, 0.15) is 21.5 Å². The number of benzene rings is 2. The fourth-order valence-corrected chi connectivity index (χ4v) is 1.89. The number of aryl methyl sites for hydroxylation is 1. The van der Waals surface area contributed by atoms with Gasteiger partial charge in [-0.2, -0.15) is 0 Å². The first-order valence-electron chi connectivity index (χ1n) is 6.38. The van der Waals surface area contributed by atoms with Crippen LogP contribution in [0.5, 0.6) is 0 Å². The molecule has 0 saturated heterocycles. The highest BCUT2D eigenvalue weighted by Crippen LogP contribution is 2.21. The van der Waals surface area contributed by atoms with Gasteiger partial charge < -0.3 is 10.4 Å². The zero-order valence-corrected chi connectivity index (χ0v) is 11.7. The predicted molar refractivity (Wildman–Crippen MR) is 78.1 cm³/mol. The molecule has 2 aromatic rings. The zero-order valence-electron chi connectivity index (χ0n) is 11.7. The van der Waals surface area contributed by atoms with Crippen LogP contribution in [0.15, 0.2) is 36.4 Å². The largest absolute Gasteiger partial charge is 0.392 e. The number of non-ortho nitro benzene ring substituents is 1. The number of carbonyl (C=O) groups is 1. The van der Waals surface area contributed by atoms with Gasteiger partial charge in [-0.15, -0.1) is 0 Å². The summed E-state index contributed by atoms with van der Waals surface area (Å²) in [4.78, 5) is 21.9. The summed E-state index contributed by atoms with van der Waals surface area (Å²) in [5.74, 6) is -1.69. The third-order valence-electron chi connectivity index (χ3n) is 3.14. The molecular formula is C15H13FN2O4. The van der Waals surface area contributed by atoms with E-state index >= 15 is 0 Å². The Morgan fingerprint density at radius 1 is 1.32 bits per heavy atom. The minimum atomic E-state index is -0.970. The normalized spacial score (nSPS) is 10.3. The molecule has 0 aliphatic heterocycles. The number of hydrogen-bond donors (Lipinski definition) is 2. The van der Waals surface area contributed by atoms with Crippen LogP contribution in [-0.2, 0) is 6.61 Å². The molecule has 0 bridgehead atoms. The lowest BCUT2D eigenvalue weighted by Gasteiger charge is -2.10. The van der Waals surface area contributed by atoms with E-state index in [1.807, 2.05) is 0 Å². The number of aliphatic hydroxyl groups is 1. The number of rotatable bonds is 4. The van der Waals surface area contributed by atoms with Crippen molar-refractivity contribution in [2.45, 2.75) is 13.5 Å². The van der Waals surface area contributed by atoms with Crippen LogP contribution in [0.25, 0.3) is 0 Å². The molecule has 0 aliphatic carbocycles. The van der Waals surface area contributed by atoms with Crippen LogP contribution in [0.3, 0.4) is 0 Å². The molecule has 0 aliphatic rings. The average molecular weight is 304 g/mol. The minimum Gasteiger partial charge on any atom is -0.392 e. The molecule has 2 aromatic carbocycles. The van der Waals surface area contributed by atoms with Crippen LogP contribution in [-0.4, -0.2) is 15.9 Å². The number of nitrogens with zero attached hydrogens (tertiary/aromatic N) is 1. The predicted octanol–water partition coefficient (Wildman–Crippen LogP) is 2.79. The summed E-state index contributed by atoms with van der Waals surface area (Å²) in [5.41, 5.74) is 1.07. The quantitative estimate of drug-likeness (QED) is 0.671. The Morgan fingerprint density at radius 3 is 2.64 bits per heavy atom. The van der Waals surface area contributed by atoms with Crippen LogP contribution in [0.4, 0.5) is 15.8 Å². The van der Waals surface area contributed by atoms with Gasteiger partial charge in [-0.3, -0.25) is 14.9 Å². The van der Waals surface area contributed by atoms with Gasteiger partial charge in [-0.1, -0.05) is 12.1 Å². The lowest BCUT2D eigenvalue weighted by molar-refractivity contribution is -0.385. The van der Waals surface area contributed by atoms with E-state index in [-0.39, 0.29) is 12.2 Å². The molecule has 0 radical (unpaired) electrons. The summed E-state index contributed by atoms with van der Waals surface area (Å²) < 4.78 is 13.8. The number of nitro groups is 1. The van der Waals surface area contributed by atoms with Crippen molar-refractivity contribution in [3.8, 4) is 0 Å². The standard InChI is InChI=1S/C15H13FN2O4/c1-9-2-3-10(8-19)6-14(9)17-15(20)12-5-4-11(18(21)22)7-13(12)16/h2-7,19H,8H2,1H3,(H,17,20). The van der Waals surface area contributed by atoms with Gasteiger partial charge in [0.2, 0.25) is 0 Å². The fraction of sp³-hybridized carbons (Fsp3) is 0.133. The smallest absolute Gasteiger partial charge is 0.272 e. The minimum absolute atomic E-state index is 0.185. The molecule has 2 N–H and O–H groups in total. The Morgan fingerprint density at radius 2 is 2.05 bits per heavy atom. The number of amides is 1. The maximum Gasteiger partial charge on any atom is 0.272 e. The second-order valence-corrected chi connectivity index (χ2v) is 4.68. The van der Waals surface area contributed by atoms with Gasteiger partial charge >= 0.3 is 0 Å². The van der Waals surface area contributed by atoms with Gasteiger partial charge in [-0.05, 0) is 30.2 Å². The fourth-order valence-electron chi connectivity index (χ4n) is 1.89. The number of halogens is 1. The van der Waals surface area contributed by atoms with Crippen molar-refractivity contribution in [1.82, 2.24) is 0 Å². The van der Waals surface area contributed by atoms with E-state index in [1.165, 1.54) is 0 Å². The van der Waals surface area contributed by atoms with Crippen molar-refractivity contribution in [3.63, 3.8) is 0 Å². The van der Waals surface area contributed by atoms with Crippen LogP contribution in [0.2, 0.25) is 0 Å². The van der Waals surface area contributed by atoms with Crippen molar-refractivity contribution in [2.75, 3.05) is 5.32 Å². The van der Waals surface area contributed by atoms with Gasteiger partial charge in [0.05, 0.1) is 23.2 Å². The van der Waals surface area contributed by atoms with Crippen LogP contribution < -0.4 is 5.32 Å². The first kappa shape index (κ1) is 15.6. The Balaban J connectivity index is 2.28. The molecule has 0 heterocycles. The molecule has 6 nitrogen and oxygen atoms in total. The van der Waals surface area contributed by atoms with Crippen molar-refractivity contribution in [1.29, 1.82) is 0 Å². The number of anilines is 1. The molecule has 1 amide bonds. The third kappa shape index (κ3) is 3.26. The number of aliphatic hydroxyl groups excluding tert-OH is 1. The van der Waals surface area contributed by atoms with Gasteiger partial charge in [0.25, 0.3) is 11.6 Å². The summed E-state index contributed by atoms with van der Waals surface area (Å²) in [6, 6.07) is 7.83. The topological polar surface area (TPSA) is 92.5 Å². The molecule has 22 heavy (non-hydrogen) atoms. The number of nitrogens with one attached hydrogen (secondary N) is 1. The third-order valence-corrected chi connectivity index (χ3v) is 3.14. The number of carbonyl (C=O) groups excluding carboxylic acids is 1. The summed E-state index contributed by atoms with van der Waals surface area (Å²) in [5, 5.41) is 22.2. The summed E-state index contributed by atoms with van der Waals surface area (Å²) in [6.07, 6.45) is 0. The molecule has 0 fully saturated rings. The highest BCUT2D eigenvalue weighted by molar-refractivity contribution is 6.05. The zero-order chi connectivity index (χ0) is 16.3. The molecule has 2 rings (SSSR count). The van der Waals surface area contributed by atoms with E-state index in [1.54, 1.807) is 25.1 Å². The summed E-state index contributed by atoms with van der Waals surface area (Å²) in [6.45, 7) is 1.57. The Hall–Kier alpha value is -2.80. The molecule has 0 atom stereocenters. The van der Waals surface area contributed by atoms with Crippen LogP contribution in [0, 0.1) is 22.9 Å². The number of nitro benzene ring substituents is 1. The summed E-state index contributed by atoms with van der Waals surface area (Å²) >= 11 is 0. The van der Waals surface area contributed by atoms with E-state index in [0.29, 0.717) is 17.3 Å². The SMILES string of the molecule is Cc1ccc(CO)cc1NC(=O)c1ccc([N+](=O)[O-])cc1F. The highest BCUT2D eigenvalue weighted by atomic mass is 19.1. The van der Waals surface area contributed by atoms with Crippen LogP contribution >= 0.6 is 0 Å². The Kier molecular flexibility index (Phi) is 4.47. The lowest BCUT2D eigenvalue weighted by atomic mass is 10.1. The second-order valence-electron chi connectivity index (χ2n) is 4.68. The first-order chi connectivity index (χ1) is 10.4. The first-order valence-corrected chi connectivity index (χ1v) is 6.38. The number of hydrogen-bond acceptors (Lipinski definition) is 4. The van der Waals surface area contributed by atoms with Crippen molar-refractivity contribution < 1.29 is 19.2 Å². The van der Waals surface area contributed by atoms with Gasteiger partial charge in [0, 0.05) is 11.8 Å². The lowest BCUT2D eigenvalue weighted by Crippen LogP contribution is -2.15. The Bertz CT molecular complexity index is 746. The van der Waals surface area contributed by atoms with E-state index in [9.17, 15) is 19.3 Å². The van der Waals surface area contributed by atoms with E-state index in [4.69, 9.17) is 5.11 Å². The monoisotopic (exact) mass is 304 g/mol. The molecule has 0 unspecified atom stereocenters. The Labute approximate surface area is 125 Å². The maximum atomic E-state index is 13.8. The molecule has 0 saturated carbocycles. The van der Waals surface area contributed by atoms with Crippen molar-refractivity contribution in [2.24, 2.45) is 0 Å². The van der Waals surface area contributed by atoms with Gasteiger partial charge in [0.15, 0.2) is 0 Å². The van der Waals surface area contributed by atoms with E-state index < -0.39 is 22.3 Å². The maximum absolute atomic E-state index is 13.8. The summed E-state index contributed by atoms with van der Waals surface area (Å²) in [7, 11) is 0. The highest BCUT2D eigenvalue weighted by Gasteiger charge is 2.17. The van der Waals surface area contributed by atoms with Crippen molar-refractivity contribution >= 4 is 17.3 Å². The second kappa shape index (κ2) is 6.31.